The van der Waals surface area contributed by atoms with Crippen molar-refractivity contribution in [2.75, 3.05) is 6.61 Å². The molecule has 0 aromatic heterocycles. The highest BCUT2D eigenvalue weighted by atomic mass is 16.3. The Bertz CT molecular complexity index is 593. The number of ketones is 1. The maximum absolute atomic E-state index is 11.9. The van der Waals surface area contributed by atoms with Gasteiger partial charge in [0.15, 0.2) is 5.78 Å². The largest absolute Gasteiger partial charge is 0.396 e. The molecule has 0 aromatic rings. The molecule has 5 aliphatic carbocycles. The van der Waals surface area contributed by atoms with Gasteiger partial charge in [-0.2, -0.15) is 0 Å². The fourth-order valence-corrected chi connectivity index (χ4v) is 8.30. The van der Waals surface area contributed by atoms with Crippen molar-refractivity contribution in [3.63, 3.8) is 0 Å². The van der Waals surface area contributed by atoms with Crippen LogP contribution < -0.4 is 0 Å². The summed E-state index contributed by atoms with van der Waals surface area (Å²) >= 11 is 0. The molecule has 5 rings (SSSR count). The first-order valence-corrected chi connectivity index (χ1v) is 9.85. The van der Waals surface area contributed by atoms with Gasteiger partial charge in [0, 0.05) is 13.0 Å². The monoisotopic (exact) mass is 314 g/mol. The average Bonchev–Trinajstić information content (AvgIpc) is 3.17. The normalized spacial score (nSPS) is 57.0. The minimum atomic E-state index is 0.367. The fraction of sp³-hybridized carbons (Fsp3) is 0.857. The molecule has 4 saturated carbocycles. The van der Waals surface area contributed by atoms with Crippen LogP contribution in [0.2, 0.25) is 0 Å². The highest BCUT2D eigenvalue weighted by Gasteiger charge is 2.77. The van der Waals surface area contributed by atoms with Crippen LogP contribution in [0, 0.1) is 46.3 Å². The van der Waals surface area contributed by atoms with Gasteiger partial charge >= 0.3 is 0 Å². The van der Waals surface area contributed by atoms with E-state index in [0.29, 0.717) is 35.1 Å². The number of rotatable bonds is 1. The van der Waals surface area contributed by atoms with Gasteiger partial charge in [-0.3, -0.25) is 4.79 Å². The predicted octanol–water partition coefficient (Wildman–Crippen LogP) is 3.98. The van der Waals surface area contributed by atoms with Crippen molar-refractivity contribution in [1.82, 2.24) is 0 Å². The molecule has 1 unspecified atom stereocenters. The first-order chi connectivity index (χ1) is 11.0. The summed E-state index contributed by atoms with van der Waals surface area (Å²) in [6.45, 7) is 5.36. The van der Waals surface area contributed by atoms with Crippen LogP contribution in [0.4, 0.5) is 0 Å². The molecule has 0 heterocycles. The summed E-state index contributed by atoms with van der Waals surface area (Å²) in [5, 5.41) is 9.94. The Balaban J connectivity index is 1.55. The van der Waals surface area contributed by atoms with Gasteiger partial charge < -0.3 is 5.11 Å². The van der Waals surface area contributed by atoms with Gasteiger partial charge in [0.2, 0.25) is 0 Å². The molecule has 0 aromatic carbocycles. The van der Waals surface area contributed by atoms with Crippen LogP contribution >= 0.6 is 0 Å². The Morgan fingerprint density at radius 1 is 1.35 bits per heavy atom. The predicted molar refractivity (Wildman–Crippen MR) is 89.6 cm³/mol. The summed E-state index contributed by atoms with van der Waals surface area (Å²) in [5.74, 6) is 4.87. The highest BCUT2D eigenvalue weighted by molar-refractivity contribution is 5.91. The summed E-state index contributed by atoms with van der Waals surface area (Å²) in [7, 11) is 0. The van der Waals surface area contributed by atoms with E-state index >= 15 is 0 Å². The molecule has 5 aliphatic rings. The SMILES string of the molecule is C[C@@H]1CC2=CC(=O)CCC2[C@H]2CC[C@]3(C)[C@H](CO)C[C@H]4C[C@]43[C@H]12. The van der Waals surface area contributed by atoms with Crippen LogP contribution in [-0.4, -0.2) is 17.5 Å². The van der Waals surface area contributed by atoms with Crippen molar-refractivity contribution < 1.29 is 9.90 Å². The molecule has 0 bridgehead atoms. The van der Waals surface area contributed by atoms with Crippen LogP contribution in [0.5, 0.6) is 0 Å². The molecule has 1 spiro atoms. The lowest BCUT2D eigenvalue weighted by molar-refractivity contribution is -0.117. The smallest absolute Gasteiger partial charge is 0.155 e. The molecule has 4 fully saturated rings. The van der Waals surface area contributed by atoms with E-state index < -0.39 is 0 Å². The van der Waals surface area contributed by atoms with E-state index in [1.165, 1.54) is 31.3 Å². The first kappa shape index (κ1) is 14.7. The third-order valence-corrected chi connectivity index (χ3v) is 9.17. The number of fused-ring (bicyclic) bond motifs is 3. The first-order valence-electron chi connectivity index (χ1n) is 9.85. The van der Waals surface area contributed by atoms with Gasteiger partial charge in [0.25, 0.3) is 0 Å². The van der Waals surface area contributed by atoms with Crippen LogP contribution in [0.25, 0.3) is 0 Å². The molecule has 0 aliphatic heterocycles. The van der Waals surface area contributed by atoms with Crippen LogP contribution in [-0.2, 0) is 4.79 Å². The molecular formula is C21H30O2. The Labute approximate surface area is 139 Å². The topological polar surface area (TPSA) is 37.3 Å². The second-order valence-corrected chi connectivity index (χ2v) is 9.71. The minimum absolute atomic E-state index is 0.367. The van der Waals surface area contributed by atoms with Gasteiger partial charge in [-0.1, -0.05) is 19.4 Å². The molecule has 1 N–H and O–H groups in total. The number of hydrogen-bond acceptors (Lipinski definition) is 2. The van der Waals surface area contributed by atoms with E-state index in [0.717, 1.165) is 42.9 Å². The lowest BCUT2D eigenvalue weighted by Crippen LogP contribution is -2.52. The van der Waals surface area contributed by atoms with Gasteiger partial charge in [-0.25, -0.2) is 0 Å². The zero-order valence-electron chi connectivity index (χ0n) is 14.6. The maximum atomic E-state index is 11.9. The van der Waals surface area contributed by atoms with E-state index in [1.54, 1.807) is 0 Å². The second-order valence-electron chi connectivity index (χ2n) is 9.71. The number of allylic oxidation sites excluding steroid dienone is 1. The third-order valence-electron chi connectivity index (χ3n) is 9.17. The summed E-state index contributed by atoms with van der Waals surface area (Å²) in [4.78, 5) is 11.9. The Morgan fingerprint density at radius 2 is 2.17 bits per heavy atom. The van der Waals surface area contributed by atoms with Gasteiger partial charge in [0.1, 0.15) is 0 Å². The van der Waals surface area contributed by atoms with E-state index in [4.69, 9.17) is 0 Å². The number of hydrogen-bond donors (Lipinski definition) is 1. The van der Waals surface area contributed by atoms with Gasteiger partial charge in [-0.05, 0) is 90.9 Å². The van der Waals surface area contributed by atoms with Crippen molar-refractivity contribution in [1.29, 1.82) is 0 Å². The molecule has 2 nitrogen and oxygen atoms in total. The molecule has 8 atom stereocenters. The van der Waals surface area contributed by atoms with Crippen molar-refractivity contribution in [2.24, 2.45) is 46.3 Å². The molecular weight excluding hydrogens is 284 g/mol. The zero-order valence-corrected chi connectivity index (χ0v) is 14.6. The number of carbonyl (C=O) groups is 1. The van der Waals surface area contributed by atoms with Gasteiger partial charge in [0.05, 0.1) is 0 Å². The molecule has 0 radical (unpaired) electrons. The van der Waals surface area contributed by atoms with Crippen molar-refractivity contribution in [2.45, 2.75) is 58.8 Å². The Morgan fingerprint density at radius 3 is 2.96 bits per heavy atom. The lowest BCUT2D eigenvalue weighted by atomic mass is 9.46. The number of carbonyl (C=O) groups excluding carboxylic acids is 1. The van der Waals surface area contributed by atoms with E-state index in [1.807, 2.05) is 6.08 Å². The molecule has 2 heteroatoms. The zero-order chi connectivity index (χ0) is 16.0. The lowest BCUT2D eigenvalue weighted by Gasteiger charge is -2.58. The summed E-state index contributed by atoms with van der Waals surface area (Å²) in [6.07, 6.45) is 10.4. The quantitative estimate of drug-likeness (QED) is 0.795. The average molecular weight is 314 g/mol. The number of aliphatic hydroxyl groups is 1. The van der Waals surface area contributed by atoms with Crippen LogP contribution in [0.1, 0.15) is 58.8 Å². The van der Waals surface area contributed by atoms with Crippen molar-refractivity contribution in [3.8, 4) is 0 Å². The van der Waals surface area contributed by atoms with E-state index in [9.17, 15) is 9.90 Å². The molecule has 126 valence electrons. The van der Waals surface area contributed by atoms with Gasteiger partial charge in [-0.15, -0.1) is 0 Å². The molecule has 0 amide bonds. The fourth-order valence-electron chi connectivity index (χ4n) is 8.30. The Kier molecular flexibility index (Phi) is 2.88. The van der Waals surface area contributed by atoms with Crippen molar-refractivity contribution >= 4 is 5.78 Å². The second kappa shape index (κ2) is 4.50. The van der Waals surface area contributed by atoms with E-state index in [-0.39, 0.29) is 0 Å². The summed E-state index contributed by atoms with van der Waals surface area (Å²) in [5.41, 5.74) is 2.41. The standard InChI is InChI=1S/C21H30O2/c1-12-7-13-8-16(23)3-4-17(13)18-5-6-20(2)15(11-22)9-14-10-21(14,20)19(12)18/h8,12,14-15,17-19,22H,3-7,9-11H2,1-2H3/t12-,14+,15+,17?,18-,19-,20-,21-/m1/s1. The molecule has 23 heavy (non-hydrogen) atoms. The maximum Gasteiger partial charge on any atom is 0.155 e. The number of aliphatic hydroxyl groups excluding tert-OH is 1. The van der Waals surface area contributed by atoms with Crippen LogP contribution in [0.3, 0.4) is 0 Å². The Hall–Kier alpha value is -0.630. The molecule has 0 saturated heterocycles. The van der Waals surface area contributed by atoms with E-state index in [2.05, 4.69) is 13.8 Å². The minimum Gasteiger partial charge on any atom is -0.396 e. The summed E-state index contributed by atoms with van der Waals surface area (Å²) < 4.78 is 0. The highest BCUT2D eigenvalue weighted by Crippen LogP contribution is 2.83. The third kappa shape index (κ3) is 1.62. The summed E-state index contributed by atoms with van der Waals surface area (Å²) in [6, 6.07) is 0. The van der Waals surface area contributed by atoms with Crippen molar-refractivity contribution in [3.05, 3.63) is 11.6 Å². The van der Waals surface area contributed by atoms with Crippen LogP contribution in [0.15, 0.2) is 11.6 Å².